The molecule has 1 N–H and O–H groups in total. The SMILES string of the molecule is C=CCCNC(C)c1ccc(OC)c(F)c1. The summed E-state index contributed by atoms with van der Waals surface area (Å²) in [5.74, 6) is -0.0422. The summed E-state index contributed by atoms with van der Waals surface area (Å²) in [6.07, 6.45) is 2.76. The highest BCUT2D eigenvalue weighted by Crippen LogP contribution is 2.21. The first-order valence-electron chi connectivity index (χ1n) is 5.36. The summed E-state index contributed by atoms with van der Waals surface area (Å²) in [4.78, 5) is 0. The molecule has 1 atom stereocenters. The largest absolute Gasteiger partial charge is 0.494 e. The molecule has 1 unspecified atom stereocenters. The maximum absolute atomic E-state index is 13.4. The van der Waals surface area contributed by atoms with Crippen LogP contribution < -0.4 is 10.1 Å². The molecule has 0 spiro atoms. The van der Waals surface area contributed by atoms with E-state index in [0.29, 0.717) is 0 Å². The predicted octanol–water partition coefficient (Wildman–Crippen LogP) is 3.06. The van der Waals surface area contributed by atoms with E-state index in [-0.39, 0.29) is 17.6 Å². The Labute approximate surface area is 96.1 Å². The highest BCUT2D eigenvalue weighted by Gasteiger charge is 2.08. The van der Waals surface area contributed by atoms with Gasteiger partial charge in [0.15, 0.2) is 11.6 Å². The van der Waals surface area contributed by atoms with Crippen molar-refractivity contribution in [2.24, 2.45) is 0 Å². The molecular formula is C13H18FNO. The smallest absolute Gasteiger partial charge is 0.165 e. The van der Waals surface area contributed by atoms with Gasteiger partial charge in [0.1, 0.15) is 0 Å². The lowest BCUT2D eigenvalue weighted by Gasteiger charge is -2.14. The normalized spacial score (nSPS) is 12.2. The highest BCUT2D eigenvalue weighted by molar-refractivity contribution is 5.30. The highest BCUT2D eigenvalue weighted by atomic mass is 19.1. The van der Waals surface area contributed by atoms with Gasteiger partial charge in [-0.1, -0.05) is 12.1 Å². The van der Waals surface area contributed by atoms with E-state index in [1.807, 2.05) is 19.1 Å². The third kappa shape index (κ3) is 3.35. The first-order chi connectivity index (χ1) is 7.69. The van der Waals surface area contributed by atoms with Gasteiger partial charge in [-0.2, -0.15) is 0 Å². The quantitative estimate of drug-likeness (QED) is 0.591. The van der Waals surface area contributed by atoms with Crippen LogP contribution in [0.25, 0.3) is 0 Å². The van der Waals surface area contributed by atoms with Crippen molar-refractivity contribution in [1.82, 2.24) is 5.32 Å². The summed E-state index contributed by atoms with van der Waals surface area (Å²) < 4.78 is 18.3. The van der Waals surface area contributed by atoms with E-state index in [1.54, 1.807) is 6.07 Å². The van der Waals surface area contributed by atoms with Crippen LogP contribution in [0, 0.1) is 5.82 Å². The van der Waals surface area contributed by atoms with Crippen LogP contribution in [0.4, 0.5) is 4.39 Å². The molecule has 16 heavy (non-hydrogen) atoms. The lowest BCUT2D eigenvalue weighted by Crippen LogP contribution is -2.19. The molecule has 3 heteroatoms. The molecule has 0 amide bonds. The topological polar surface area (TPSA) is 21.3 Å². The van der Waals surface area contributed by atoms with Crippen LogP contribution in [0.5, 0.6) is 5.75 Å². The minimum Gasteiger partial charge on any atom is -0.494 e. The van der Waals surface area contributed by atoms with Gasteiger partial charge in [0.05, 0.1) is 7.11 Å². The number of benzene rings is 1. The summed E-state index contributed by atoms with van der Waals surface area (Å²) in [6.45, 7) is 6.50. The van der Waals surface area contributed by atoms with E-state index in [2.05, 4.69) is 11.9 Å². The maximum atomic E-state index is 13.4. The minimum absolute atomic E-state index is 0.125. The number of rotatable bonds is 6. The fourth-order valence-corrected chi connectivity index (χ4v) is 1.47. The van der Waals surface area contributed by atoms with E-state index in [0.717, 1.165) is 18.5 Å². The van der Waals surface area contributed by atoms with Gasteiger partial charge in [0.2, 0.25) is 0 Å². The molecule has 0 bridgehead atoms. The van der Waals surface area contributed by atoms with E-state index in [9.17, 15) is 4.39 Å². The molecule has 0 fully saturated rings. The molecule has 0 heterocycles. The van der Waals surface area contributed by atoms with Crippen LogP contribution in [0.2, 0.25) is 0 Å². The van der Waals surface area contributed by atoms with E-state index >= 15 is 0 Å². The molecule has 0 aliphatic heterocycles. The Kier molecular flexibility index (Phi) is 4.99. The van der Waals surface area contributed by atoms with Crippen molar-refractivity contribution in [3.05, 3.63) is 42.2 Å². The molecular weight excluding hydrogens is 205 g/mol. The monoisotopic (exact) mass is 223 g/mol. The van der Waals surface area contributed by atoms with Crippen molar-refractivity contribution in [2.45, 2.75) is 19.4 Å². The van der Waals surface area contributed by atoms with Gasteiger partial charge < -0.3 is 10.1 Å². The van der Waals surface area contributed by atoms with Crippen molar-refractivity contribution in [2.75, 3.05) is 13.7 Å². The molecule has 2 nitrogen and oxygen atoms in total. The number of hydrogen-bond acceptors (Lipinski definition) is 2. The molecule has 88 valence electrons. The zero-order chi connectivity index (χ0) is 12.0. The molecule has 0 saturated carbocycles. The molecule has 0 aromatic heterocycles. The van der Waals surface area contributed by atoms with Crippen molar-refractivity contribution < 1.29 is 9.13 Å². The lowest BCUT2D eigenvalue weighted by atomic mass is 10.1. The Morgan fingerprint density at radius 3 is 2.88 bits per heavy atom. The summed E-state index contributed by atoms with van der Waals surface area (Å²) in [6, 6.07) is 5.15. The molecule has 1 aromatic rings. The number of ether oxygens (including phenoxy) is 1. The van der Waals surface area contributed by atoms with Crippen LogP contribution in [-0.4, -0.2) is 13.7 Å². The van der Waals surface area contributed by atoms with E-state index in [4.69, 9.17) is 4.74 Å². The van der Waals surface area contributed by atoms with Crippen LogP contribution >= 0.6 is 0 Å². The van der Waals surface area contributed by atoms with Crippen LogP contribution in [-0.2, 0) is 0 Å². The minimum atomic E-state index is -0.322. The Balaban J connectivity index is 2.65. The number of hydrogen-bond donors (Lipinski definition) is 1. The Morgan fingerprint density at radius 2 is 2.31 bits per heavy atom. The van der Waals surface area contributed by atoms with Crippen LogP contribution in [0.15, 0.2) is 30.9 Å². The zero-order valence-electron chi connectivity index (χ0n) is 9.79. The summed E-state index contributed by atoms with van der Waals surface area (Å²) in [5.41, 5.74) is 0.919. The Hall–Kier alpha value is -1.35. The van der Waals surface area contributed by atoms with Crippen LogP contribution in [0.1, 0.15) is 24.9 Å². The van der Waals surface area contributed by atoms with Gasteiger partial charge in [-0.05, 0) is 37.6 Å². The number of nitrogens with one attached hydrogen (secondary N) is 1. The second-order valence-electron chi connectivity index (χ2n) is 3.65. The van der Waals surface area contributed by atoms with Crippen molar-refractivity contribution >= 4 is 0 Å². The van der Waals surface area contributed by atoms with E-state index < -0.39 is 0 Å². The van der Waals surface area contributed by atoms with Crippen molar-refractivity contribution in [1.29, 1.82) is 0 Å². The fourth-order valence-electron chi connectivity index (χ4n) is 1.47. The second-order valence-corrected chi connectivity index (χ2v) is 3.65. The Morgan fingerprint density at radius 1 is 1.56 bits per heavy atom. The molecule has 1 aromatic carbocycles. The molecule has 0 aliphatic carbocycles. The molecule has 1 rings (SSSR count). The van der Waals surface area contributed by atoms with Crippen LogP contribution in [0.3, 0.4) is 0 Å². The molecule has 0 radical (unpaired) electrons. The number of halogens is 1. The van der Waals surface area contributed by atoms with Gasteiger partial charge in [-0.3, -0.25) is 0 Å². The van der Waals surface area contributed by atoms with E-state index in [1.165, 1.54) is 13.2 Å². The number of methoxy groups -OCH3 is 1. The molecule has 0 saturated heterocycles. The van der Waals surface area contributed by atoms with Gasteiger partial charge in [-0.25, -0.2) is 4.39 Å². The average molecular weight is 223 g/mol. The summed E-state index contributed by atoms with van der Waals surface area (Å²) >= 11 is 0. The third-order valence-electron chi connectivity index (χ3n) is 2.47. The second kappa shape index (κ2) is 6.28. The zero-order valence-corrected chi connectivity index (χ0v) is 9.79. The lowest BCUT2D eigenvalue weighted by molar-refractivity contribution is 0.385. The van der Waals surface area contributed by atoms with Gasteiger partial charge >= 0.3 is 0 Å². The summed E-state index contributed by atoms with van der Waals surface area (Å²) in [7, 11) is 1.46. The molecule has 0 aliphatic rings. The first kappa shape index (κ1) is 12.7. The fraction of sp³-hybridized carbons (Fsp3) is 0.385. The standard InChI is InChI=1S/C13H18FNO/c1-4-5-8-15-10(2)11-6-7-13(16-3)12(14)9-11/h4,6-7,9-10,15H,1,5,8H2,2-3H3. The van der Waals surface area contributed by atoms with Gasteiger partial charge in [-0.15, -0.1) is 6.58 Å². The van der Waals surface area contributed by atoms with Gasteiger partial charge in [0, 0.05) is 6.04 Å². The average Bonchev–Trinajstić information content (AvgIpc) is 2.29. The predicted molar refractivity (Wildman–Crippen MR) is 64.2 cm³/mol. The maximum Gasteiger partial charge on any atom is 0.165 e. The van der Waals surface area contributed by atoms with Crippen molar-refractivity contribution in [3.8, 4) is 5.75 Å². The van der Waals surface area contributed by atoms with Gasteiger partial charge in [0.25, 0.3) is 0 Å². The van der Waals surface area contributed by atoms with Crippen molar-refractivity contribution in [3.63, 3.8) is 0 Å². The Bertz CT molecular complexity index is 352. The first-order valence-corrected chi connectivity index (χ1v) is 5.36. The summed E-state index contributed by atoms with van der Waals surface area (Å²) in [5, 5.41) is 3.29. The third-order valence-corrected chi connectivity index (χ3v) is 2.47.